The molecule has 0 aliphatic carbocycles. The van der Waals surface area contributed by atoms with Gasteiger partial charge in [0.05, 0.1) is 11.9 Å². The van der Waals surface area contributed by atoms with Crippen molar-refractivity contribution in [3.8, 4) is 11.3 Å². The fourth-order valence-corrected chi connectivity index (χ4v) is 3.84. The summed E-state index contributed by atoms with van der Waals surface area (Å²) >= 11 is 5.88. The van der Waals surface area contributed by atoms with Crippen LogP contribution in [0, 0.1) is 0 Å². The van der Waals surface area contributed by atoms with E-state index in [2.05, 4.69) is 14.9 Å². The Bertz CT molecular complexity index is 856. The predicted molar refractivity (Wildman–Crippen MR) is 95.9 cm³/mol. The fraction of sp³-hybridized carbons (Fsp3) is 0.375. The van der Waals surface area contributed by atoms with E-state index in [4.69, 9.17) is 11.6 Å². The molecule has 1 amide bonds. The minimum Gasteiger partial charge on any atom is -0.337 e. The SMILES string of the molecule is CS(=O)(=O)NC1CCN(C(=O)c2cc(-c3ccc(Cl)cc3)n[nH]2)CC1. The highest BCUT2D eigenvalue weighted by Crippen LogP contribution is 2.21. The molecule has 9 heteroatoms. The molecule has 0 atom stereocenters. The number of nitrogens with one attached hydrogen (secondary N) is 2. The molecule has 1 aromatic heterocycles. The predicted octanol–water partition coefficient (Wildman–Crippen LogP) is 1.88. The molecule has 1 fully saturated rings. The summed E-state index contributed by atoms with van der Waals surface area (Å²) in [5, 5.41) is 7.61. The van der Waals surface area contributed by atoms with Crippen LogP contribution < -0.4 is 4.72 Å². The van der Waals surface area contributed by atoms with E-state index in [1.54, 1.807) is 23.1 Å². The Morgan fingerprint density at radius 1 is 1.28 bits per heavy atom. The van der Waals surface area contributed by atoms with Crippen LogP contribution in [0.5, 0.6) is 0 Å². The van der Waals surface area contributed by atoms with Gasteiger partial charge in [0.2, 0.25) is 10.0 Å². The normalized spacial score (nSPS) is 16.2. The van der Waals surface area contributed by atoms with Gasteiger partial charge in [0.15, 0.2) is 0 Å². The van der Waals surface area contributed by atoms with Crippen LogP contribution in [0.1, 0.15) is 23.3 Å². The maximum absolute atomic E-state index is 12.6. The molecule has 1 aliphatic rings. The van der Waals surface area contributed by atoms with E-state index in [0.717, 1.165) is 11.8 Å². The molecule has 0 radical (unpaired) electrons. The maximum atomic E-state index is 12.6. The lowest BCUT2D eigenvalue weighted by Crippen LogP contribution is -2.46. The van der Waals surface area contributed by atoms with Gasteiger partial charge in [-0.05, 0) is 31.0 Å². The van der Waals surface area contributed by atoms with E-state index in [9.17, 15) is 13.2 Å². The number of carbonyl (C=O) groups is 1. The van der Waals surface area contributed by atoms with Gasteiger partial charge in [-0.2, -0.15) is 5.10 Å². The van der Waals surface area contributed by atoms with Crippen molar-refractivity contribution in [1.29, 1.82) is 0 Å². The first kappa shape index (κ1) is 17.9. The summed E-state index contributed by atoms with van der Waals surface area (Å²) < 4.78 is 25.2. The van der Waals surface area contributed by atoms with Gasteiger partial charge in [-0.15, -0.1) is 0 Å². The van der Waals surface area contributed by atoms with Gasteiger partial charge in [-0.25, -0.2) is 13.1 Å². The zero-order chi connectivity index (χ0) is 18.0. The highest BCUT2D eigenvalue weighted by Gasteiger charge is 2.26. The number of aromatic amines is 1. The topological polar surface area (TPSA) is 95.2 Å². The molecule has 1 aliphatic heterocycles. The summed E-state index contributed by atoms with van der Waals surface area (Å²) in [5.41, 5.74) is 1.96. The number of aromatic nitrogens is 2. The number of H-pyrrole nitrogens is 1. The minimum atomic E-state index is -3.22. The summed E-state index contributed by atoms with van der Waals surface area (Å²) in [6, 6.07) is 8.82. The van der Waals surface area contributed by atoms with Crippen molar-refractivity contribution in [3.05, 3.63) is 41.0 Å². The molecular formula is C16H19ClN4O3S. The van der Waals surface area contributed by atoms with Gasteiger partial charge in [-0.3, -0.25) is 9.89 Å². The standard InChI is InChI=1S/C16H19ClN4O3S/c1-25(23,24)20-13-6-8-21(9-7-13)16(22)15-10-14(18-19-15)11-2-4-12(17)5-3-11/h2-5,10,13,20H,6-9H2,1H3,(H,18,19). The summed E-state index contributed by atoms with van der Waals surface area (Å²) in [6.07, 6.45) is 2.33. The van der Waals surface area contributed by atoms with Gasteiger partial charge >= 0.3 is 0 Å². The van der Waals surface area contributed by atoms with Gasteiger partial charge < -0.3 is 4.90 Å². The third kappa shape index (κ3) is 4.59. The first-order valence-electron chi connectivity index (χ1n) is 7.90. The summed E-state index contributed by atoms with van der Waals surface area (Å²) in [5.74, 6) is -0.134. The van der Waals surface area contributed by atoms with E-state index >= 15 is 0 Å². The summed E-state index contributed by atoms with van der Waals surface area (Å²) in [4.78, 5) is 14.3. The van der Waals surface area contributed by atoms with Gasteiger partial charge in [0.25, 0.3) is 5.91 Å². The third-order valence-corrected chi connectivity index (χ3v) is 5.12. The van der Waals surface area contributed by atoms with E-state index in [1.165, 1.54) is 0 Å². The van der Waals surface area contributed by atoms with Gasteiger partial charge in [0.1, 0.15) is 5.69 Å². The number of carbonyl (C=O) groups excluding carboxylic acids is 1. The Balaban J connectivity index is 1.64. The number of likely N-dealkylation sites (tertiary alicyclic amines) is 1. The number of benzene rings is 1. The number of nitrogens with zero attached hydrogens (tertiary/aromatic N) is 2. The lowest BCUT2D eigenvalue weighted by molar-refractivity contribution is 0.0705. The van der Waals surface area contributed by atoms with Crippen molar-refractivity contribution in [2.45, 2.75) is 18.9 Å². The lowest BCUT2D eigenvalue weighted by atomic mass is 10.1. The van der Waals surface area contributed by atoms with Gasteiger partial charge in [0, 0.05) is 29.7 Å². The second-order valence-corrected chi connectivity index (χ2v) is 8.35. The van der Waals surface area contributed by atoms with E-state index < -0.39 is 10.0 Å². The molecule has 3 rings (SSSR count). The molecule has 134 valence electrons. The molecule has 2 aromatic rings. The van der Waals surface area contributed by atoms with Crippen LogP contribution in [-0.2, 0) is 10.0 Å². The first-order chi connectivity index (χ1) is 11.8. The van der Waals surface area contributed by atoms with Gasteiger partial charge in [-0.1, -0.05) is 23.7 Å². The third-order valence-electron chi connectivity index (χ3n) is 4.11. The molecule has 1 saturated heterocycles. The first-order valence-corrected chi connectivity index (χ1v) is 10.2. The molecule has 2 heterocycles. The van der Waals surface area contributed by atoms with Crippen molar-refractivity contribution < 1.29 is 13.2 Å². The molecule has 7 nitrogen and oxygen atoms in total. The monoisotopic (exact) mass is 382 g/mol. The van der Waals surface area contributed by atoms with Crippen molar-refractivity contribution >= 4 is 27.5 Å². The average Bonchev–Trinajstić information content (AvgIpc) is 3.04. The van der Waals surface area contributed by atoms with Crippen LogP contribution in [0.3, 0.4) is 0 Å². The molecule has 0 unspecified atom stereocenters. The summed E-state index contributed by atoms with van der Waals surface area (Å²) in [7, 11) is -3.22. The lowest BCUT2D eigenvalue weighted by Gasteiger charge is -2.31. The smallest absolute Gasteiger partial charge is 0.271 e. The number of amides is 1. The van der Waals surface area contributed by atoms with Crippen molar-refractivity contribution in [1.82, 2.24) is 19.8 Å². The average molecular weight is 383 g/mol. The highest BCUT2D eigenvalue weighted by atomic mass is 35.5. The van der Waals surface area contributed by atoms with Crippen molar-refractivity contribution in [3.63, 3.8) is 0 Å². The van der Waals surface area contributed by atoms with Crippen LogP contribution >= 0.6 is 11.6 Å². The Hall–Kier alpha value is -1.90. The Labute approximate surface area is 151 Å². The van der Waals surface area contributed by atoms with Crippen LogP contribution in [0.15, 0.2) is 30.3 Å². The quantitative estimate of drug-likeness (QED) is 0.844. The van der Waals surface area contributed by atoms with Crippen molar-refractivity contribution in [2.75, 3.05) is 19.3 Å². The van der Waals surface area contributed by atoms with Crippen LogP contribution in [0.4, 0.5) is 0 Å². The maximum Gasteiger partial charge on any atom is 0.271 e. The second kappa shape index (κ2) is 7.15. The molecular weight excluding hydrogens is 364 g/mol. The molecule has 1 aromatic carbocycles. The van der Waals surface area contributed by atoms with Crippen LogP contribution in [-0.4, -0.2) is 54.8 Å². The number of hydrogen-bond donors (Lipinski definition) is 2. The molecule has 25 heavy (non-hydrogen) atoms. The van der Waals surface area contributed by atoms with E-state index in [0.29, 0.717) is 42.3 Å². The molecule has 0 bridgehead atoms. The summed E-state index contributed by atoms with van der Waals surface area (Å²) in [6.45, 7) is 1.00. The Morgan fingerprint density at radius 3 is 2.52 bits per heavy atom. The van der Waals surface area contributed by atoms with Crippen molar-refractivity contribution in [2.24, 2.45) is 0 Å². The molecule has 0 saturated carbocycles. The number of halogens is 1. The number of rotatable bonds is 4. The van der Waals surface area contributed by atoms with Crippen LogP contribution in [0.25, 0.3) is 11.3 Å². The van der Waals surface area contributed by atoms with Crippen LogP contribution in [0.2, 0.25) is 5.02 Å². The van der Waals surface area contributed by atoms with E-state index in [-0.39, 0.29) is 11.9 Å². The second-order valence-electron chi connectivity index (χ2n) is 6.13. The Kier molecular flexibility index (Phi) is 5.12. The highest BCUT2D eigenvalue weighted by molar-refractivity contribution is 7.88. The fourth-order valence-electron chi connectivity index (χ4n) is 2.87. The van der Waals surface area contributed by atoms with E-state index in [1.807, 2.05) is 12.1 Å². The zero-order valence-corrected chi connectivity index (χ0v) is 15.3. The number of sulfonamides is 1. The molecule has 2 N–H and O–H groups in total. The molecule has 0 spiro atoms. The zero-order valence-electron chi connectivity index (χ0n) is 13.7. The number of hydrogen-bond acceptors (Lipinski definition) is 4. The minimum absolute atomic E-state index is 0.120. The number of piperidine rings is 1. The largest absolute Gasteiger partial charge is 0.337 e. The Morgan fingerprint density at radius 2 is 1.92 bits per heavy atom.